The van der Waals surface area contributed by atoms with Crippen molar-refractivity contribution in [2.75, 3.05) is 23.4 Å². The smallest absolute Gasteiger partial charge is 0.152 e. The van der Waals surface area contributed by atoms with Crippen LogP contribution < -0.4 is 5.32 Å². The third-order valence-corrected chi connectivity index (χ3v) is 4.50. The highest BCUT2D eigenvalue weighted by atomic mass is 35.5. The molecule has 0 aliphatic rings. The second kappa shape index (κ2) is 6.87. The quantitative estimate of drug-likeness (QED) is 0.778. The van der Waals surface area contributed by atoms with E-state index in [-0.39, 0.29) is 11.5 Å². The summed E-state index contributed by atoms with van der Waals surface area (Å²) in [6, 6.07) is 7.68. The predicted molar refractivity (Wildman–Crippen MR) is 73.4 cm³/mol. The molecule has 0 aromatic heterocycles. The van der Waals surface area contributed by atoms with Crippen molar-refractivity contribution in [3.8, 4) is 0 Å². The van der Waals surface area contributed by atoms with Crippen LogP contribution in [-0.2, 0) is 15.7 Å². The molecule has 1 rings (SSSR count). The molecule has 0 saturated heterocycles. The maximum Gasteiger partial charge on any atom is 0.152 e. The minimum Gasteiger partial charge on any atom is -0.384 e. The van der Waals surface area contributed by atoms with E-state index in [9.17, 15) is 8.42 Å². The van der Waals surface area contributed by atoms with Gasteiger partial charge >= 0.3 is 0 Å². The largest absolute Gasteiger partial charge is 0.384 e. The fourth-order valence-electron chi connectivity index (χ4n) is 1.53. The zero-order chi connectivity index (χ0) is 12.7. The van der Waals surface area contributed by atoms with Crippen LogP contribution in [0.3, 0.4) is 0 Å². The van der Waals surface area contributed by atoms with E-state index in [1.807, 2.05) is 31.2 Å². The summed E-state index contributed by atoms with van der Waals surface area (Å²) < 4.78 is 23.0. The van der Waals surface area contributed by atoms with Gasteiger partial charge in [-0.3, -0.25) is 0 Å². The van der Waals surface area contributed by atoms with Gasteiger partial charge in [0.1, 0.15) is 0 Å². The number of sulfone groups is 1. The van der Waals surface area contributed by atoms with Gasteiger partial charge in [-0.1, -0.05) is 19.1 Å². The summed E-state index contributed by atoms with van der Waals surface area (Å²) in [5.74, 6) is 0.895. The van der Waals surface area contributed by atoms with E-state index in [1.165, 1.54) is 0 Å². The fourth-order valence-corrected chi connectivity index (χ4v) is 2.93. The number of nitrogens with one attached hydrogen (secondary N) is 1. The van der Waals surface area contributed by atoms with E-state index in [0.717, 1.165) is 11.3 Å². The van der Waals surface area contributed by atoms with E-state index >= 15 is 0 Å². The van der Waals surface area contributed by atoms with Crippen molar-refractivity contribution in [2.45, 2.75) is 19.2 Å². The Bertz CT molecular complexity index is 446. The summed E-state index contributed by atoms with van der Waals surface area (Å²) >= 11 is 5.72. The SMILES string of the molecule is CCCS(=O)(=O)CCNc1cccc(CCl)c1. The highest BCUT2D eigenvalue weighted by Crippen LogP contribution is 2.12. The maximum absolute atomic E-state index is 11.5. The average Bonchev–Trinajstić information content (AvgIpc) is 2.29. The number of hydrogen-bond acceptors (Lipinski definition) is 3. The second-order valence-corrected chi connectivity index (χ2v) is 6.48. The normalized spacial score (nSPS) is 11.4. The minimum absolute atomic E-state index is 0.173. The van der Waals surface area contributed by atoms with Gasteiger partial charge in [-0.2, -0.15) is 0 Å². The molecule has 0 atom stereocenters. The molecule has 3 nitrogen and oxygen atoms in total. The lowest BCUT2D eigenvalue weighted by atomic mass is 10.2. The first-order valence-electron chi connectivity index (χ1n) is 5.66. The lowest BCUT2D eigenvalue weighted by Crippen LogP contribution is -2.18. The van der Waals surface area contributed by atoms with Crippen molar-refractivity contribution in [2.24, 2.45) is 0 Å². The van der Waals surface area contributed by atoms with Gasteiger partial charge < -0.3 is 5.32 Å². The number of halogens is 1. The highest BCUT2D eigenvalue weighted by Gasteiger charge is 2.08. The molecule has 0 bridgehead atoms. The second-order valence-electron chi connectivity index (χ2n) is 3.91. The first kappa shape index (κ1) is 14.3. The predicted octanol–water partition coefficient (Wildman–Crippen LogP) is 2.66. The summed E-state index contributed by atoms with van der Waals surface area (Å²) in [6.07, 6.45) is 0.671. The molecule has 0 radical (unpaired) electrons. The minimum atomic E-state index is -2.91. The Morgan fingerprint density at radius 3 is 2.71 bits per heavy atom. The van der Waals surface area contributed by atoms with Crippen molar-refractivity contribution >= 4 is 27.1 Å². The molecule has 96 valence electrons. The fraction of sp³-hybridized carbons (Fsp3) is 0.500. The Hall–Kier alpha value is -0.740. The lowest BCUT2D eigenvalue weighted by Gasteiger charge is -2.07. The van der Waals surface area contributed by atoms with Crippen LogP contribution in [0.2, 0.25) is 0 Å². The van der Waals surface area contributed by atoms with Gasteiger partial charge in [0, 0.05) is 23.9 Å². The molecule has 5 heteroatoms. The molecule has 0 aliphatic heterocycles. The van der Waals surface area contributed by atoms with Crippen LogP contribution in [0.1, 0.15) is 18.9 Å². The van der Waals surface area contributed by atoms with Crippen molar-refractivity contribution < 1.29 is 8.42 Å². The zero-order valence-electron chi connectivity index (χ0n) is 9.95. The summed E-state index contributed by atoms with van der Waals surface area (Å²) in [7, 11) is -2.91. The lowest BCUT2D eigenvalue weighted by molar-refractivity contribution is 0.595. The standard InChI is InChI=1S/C12H18ClNO2S/c1-2-7-17(15,16)8-6-14-12-5-3-4-11(9-12)10-13/h3-5,9,14H,2,6-8,10H2,1H3. The number of hydrogen-bond donors (Lipinski definition) is 1. The van der Waals surface area contributed by atoms with Crippen LogP contribution in [0.15, 0.2) is 24.3 Å². The summed E-state index contributed by atoms with van der Waals surface area (Å²) in [5.41, 5.74) is 1.93. The molecule has 0 aliphatic carbocycles. The van der Waals surface area contributed by atoms with Gasteiger partial charge in [0.15, 0.2) is 9.84 Å². The maximum atomic E-state index is 11.5. The molecule has 0 spiro atoms. The average molecular weight is 276 g/mol. The van der Waals surface area contributed by atoms with Gasteiger partial charge in [0.2, 0.25) is 0 Å². The molecular formula is C12H18ClNO2S. The number of alkyl halides is 1. The van der Waals surface area contributed by atoms with Crippen molar-refractivity contribution in [3.63, 3.8) is 0 Å². The van der Waals surface area contributed by atoms with E-state index < -0.39 is 9.84 Å². The Kier molecular flexibility index (Phi) is 5.78. The zero-order valence-corrected chi connectivity index (χ0v) is 11.5. The molecule has 17 heavy (non-hydrogen) atoms. The number of rotatable bonds is 7. The third-order valence-electron chi connectivity index (χ3n) is 2.34. The van der Waals surface area contributed by atoms with Gasteiger partial charge in [-0.25, -0.2) is 8.42 Å². The van der Waals surface area contributed by atoms with Crippen molar-refractivity contribution in [1.82, 2.24) is 0 Å². The van der Waals surface area contributed by atoms with Gasteiger partial charge in [0.05, 0.1) is 5.75 Å². The first-order valence-corrected chi connectivity index (χ1v) is 8.02. The summed E-state index contributed by atoms with van der Waals surface area (Å²) in [4.78, 5) is 0. The number of anilines is 1. The first-order chi connectivity index (χ1) is 8.07. The van der Waals surface area contributed by atoms with Crippen molar-refractivity contribution in [3.05, 3.63) is 29.8 Å². The topological polar surface area (TPSA) is 46.2 Å². The van der Waals surface area contributed by atoms with Crippen LogP contribution >= 0.6 is 11.6 Å². The van der Waals surface area contributed by atoms with Crippen LogP contribution in [0.5, 0.6) is 0 Å². The highest BCUT2D eigenvalue weighted by molar-refractivity contribution is 7.91. The van der Waals surface area contributed by atoms with E-state index in [1.54, 1.807) is 0 Å². The van der Waals surface area contributed by atoms with Gasteiger partial charge in [0.25, 0.3) is 0 Å². The molecular weight excluding hydrogens is 258 g/mol. The summed E-state index contributed by atoms with van der Waals surface area (Å²) in [6.45, 7) is 2.31. The van der Waals surface area contributed by atoms with Gasteiger partial charge in [-0.15, -0.1) is 11.6 Å². The molecule has 1 aromatic carbocycles. The van der Waals surface area contributed by atoms with E-state index in [4.69, 9.17) is 11.6 Å². The van der Waals surface area contributed by atoms with Crippen LogP contribution in [0.25, 0.3) is 0 Å². The van der Waals surface area contributed by atoms with Crippen LogP contribution in [-0.4, -0.2) is 26.5 Å². The van der Waals surface area contributed by atoms with E-state index in [2.05, 4.69) is 5.32 Å². The Labute approximate surface area is 108 Å². The molecule has 0 fully saturated rings. The molecule has 1 N–H and O–H groups in total. The third kappa shape index (κ3) is 5.41. The summed E-state index contributed by atoms with van der Waals surface area (Å²) in [5, 5.41) is 3.10. The molecule has 0 amide bonds. The number of benzene rings is 1. The van der Waals surface area contributed by atoms with Crippen LogP contribution in [0.4, 0.5) is 5.69 Å². The molecule has 0 saturated carbocycles. The molecule has 0 unspecified atom stereocenters. The Balaban J connectivity index is 2.45. The Morgan fingerprint density at radius 1 is 1.29 bits per heavy atom. The van der Waals surface area contributed by atoms with Crippen molar-refractivity contribution in [1.29, 1.82) is 0 Å². The Morgan fingerprint density at radius 2 is 2.06 bits per heavy atom. The van der Waals surface area contributed by atoms with Crippen LogP contribution in [0, 0.1) is 0 Å². The molecule has 0 heterocycles. The monoisotopic (exact) mass is 275 g/mol. The van der Waals surface area contributed by atoms with E-state index in [0.29, 0.717) is 18.8 Å². The van der Waals surface area contributed by atoms with Gasteiger partial charge in [-0.05, 0) is 24.1 Å². The molecule has 1 aromatic rings.